The van der Waals surface area contributed by atoms with E-state index < -0.39 is 0 Å². The highest BCUT2D eigenvalue weighted by atomic mass is 35.5. The van der Waals surface area contributed by atoms with Crippen LogP contribution in [0.4, 0.5) is 0 Å². The Bertz CT molecular complexity index is 960. The lowest BCUT2D eigenvalue weighted by atomic mass is 10.1. The third-order valence-corrected chi connectivity index (χ3v) is 5.49. The predicted molar refractivity (Wildman–Crippen MR) is 121 cm³/mol. The number of aryl methyl sites for hydroxylation is 1. The number of nitrogens with zero attached hydrogens (tertiary/aromatic N) is 2. The van der Waals surface area contributed by atoms with E-state index in [-0.39, 0.29) is 5.91 Å². The summed E-state index contributed by atoms with van der Waals surface area (Å²) in [6.07, 6.45) is 4.03. The molecule has 1 aromatic heterocycles. The lowest BCUT2D eigenvalue weighted by Crippen LogP contribution is -2.32. The summed E-state index contributed by atoms with van der Waals surface area (Å²) in [5.74, 6) is -0.0495. The first kappa shape index (κ1) is 21.5. The molecule has 29 heavy (non-hydrogen) atoms. The number of aromatic nitrogens is 1. The summed E-state index contributed by atoms with van der Waals surface area (Å²) < 4.78 is 2.21. The van der Waals surface area contributed by atoms with E-state index in [0.29, 0.717) is 28.7 Å². The van der Waals surface area contributed by atoms with Crippen molar-refractivity contribution in [1.29, 1.82) is 0 Å². The Kier molecular flexibility index (Phi) is 7.40. The zero-order valence-electron chi connectivity index (χ0n) is 16.9. The maximum atomic E-state index is 13.2. The van der Waals surface area contributed by atoms with E-state index in [1.807, 2.05) is 11.0 Å². The largest absolute Gasteiger partial charge is 0.345 e. The minimum absolute atomic E-state index is 0.0495. The first-order valence-corrected chi connectivity index (χ1v) is 10.7. The first-order chi connectivity index (χ1) is 14.0. The van der Waals surface area contributed by atoms with Crippen molar-refractivity contribution in [2.24, 2.45) is 0 Å². The van der Waals surface area contributed by atoms with Crippen molar-refractivity contribution in [2.45, 2.75) is 39.8 Å². The number of amides is 1. The van der Waals surface area contributed by atoms with Crippen LogP contribution in [0, 0.1) is 6.92 Å². The number of halogens is 2. The second kappa shape index (κ2) is 10.00. The number of carbonyl (C=O) groups is 1. The lowest BCUT2D eigenvalue weighted by Gasteiger charge is -2.24. The van der Waals surface area contributed by atoms with Crippen molar-refractivity contribution in [1.82, 2.24) is 9.47 Å². The van der Waals surface area contributed by atoms with E-state index in [1.54, 1.807) is 18.2 Å². The Hall–Kier alpha value is -2.23. The molecule has 0 aliphatic carbocycles. The number of hydrogen-bond donors (Lipinski definition) is 0. The minimum atomic E-state index is -0.0495. The van der Waals surface area contributed by atoms with Crippen LogP contribution in [-0.4, -0.2) is 21.9 Å². The molecule has 5 heteroatoms. The Morgan fingerprint density at radius 2 is 1.76 bits per heavy atom. The second-order valence-electron chi connectivity index (χ2n) is 7.29. The van der Waals surface area contributed by atoms with Gasteiger partial charge in [0.05, 0.1) is 6.54 Å². The Labute approximate surface area is 182 Å². The summed E-state index contributed by atoms with van der Waals surface area (Å²) >= 11 is 12.2. The minimum Gasteiger partial charge on any atom is -0.345 e. The van der Waals surface area contributed by atoms with E-state index in [4.69, 9.17) is 23.2 Å². The third-order valence-electron chi connectivity index (χ3n) is 5.06. The van der Waals surface area contributed by atoms with Crippen LogP contribution in [0.1, 0.15) is 46.9 Å². The van der Waals surface area contributed by atoms with Crippen LogP contribution in [0.5, 0.6) is 0 Å². The lowest BCUT2D eigenvalue weighted by molar-refractivity contribution is 0.0737. The van der Waals surface area contributed by atoms with Crippen LogP contribution in [0.2, 0.25) is 10.0 Å². The SMILES string of the molecule is CCCCN(Cc1cccn1Cc1ccccc1C)C(=O)c1cc(Cl)cc(Cl)c1. The standard InChI is InChI=1S/C24H26Cl2N2O/c1-3-4-11-28(24(29)20-13-21(25)15-22(26)14-20)17-23-10-7-12-27(23)16-19-9-6-5-8-18(19)2/h5-10,12-15H,3-4,11,16-17H2,1-2H3. The Morgan fingerprint density at radius 3 is 2.45 bits per heavy atom. The van der Waals surface area contributed by atoms with Crippen molar-refractivity contribution in [3.05, 3.63) is 93.2 Å². The van der Waals surface area contributed by atoms with Gasteiger partial charge >= 0.3 is 0 Å². The van der Waals surface area contributed by atoms with Crippen molar-refractivity contribution < 1.29 is 4.79 Å². The van der Waals surface area contributed by atoms with Gasteiger partial charge in [0.15, 0.2) is 0 Å². The average Bonchev–Trinajstić information content (AvgIpc) is 3.12. The van der Waals surface area contributed by atoms with E-state index in [9.17, 15) is 4.79 Å². The molecule has 0 saturated carbocycles. The van der Waals surface area contributed by atoms with Gasteiger partial charge < -0.3 is 9.47 Å². The van der Waals surface area contributed by atoms with Crippen molar-refractivity contribution in [3.63, 3.8) is 0 Å². The summed E-state index contributed by atoms with van der Waals surface area (Å²) in [7, 11) is 0. The van der Waals surface area contributed by atoms with E-state index in [0.717, 1.165) is 25.1 Å². The smallest absolute Gasteiger partial charge is 0.254 e. The fraction of sp³-hybridized carbons (Fsp3) is 0.292. The molecule has 152 valence electrons. The molecule has 3 aromatic rings. The van der Waals surface area contributed by atoms with Gasteiger partial charge in [0, 0.05) is 40.6 Å². The number of rotatable bonds is 8. The number of unbranched alkanes of at least 4 members (excludes halogenated alkanes) is 1. The van der Waals surface area contributed by atoms with Gasteiger partial charge in [0.2, 0.25) is 0 Å². The molecule has 1 heterocycles. The molecule has 0 saturated heterocycles. The maximum Gasteiger partial charge on any atom is 0.254 e. The average molecular weight is 429 g/mol. The third kappa shape index (κ3) is 5.65. The summed E-state index contributed by atoms with van der Waals surface area (Å²) in [5, 5.41) is 0.943. The summed E-state index contributed by atoms with van der Waals surface area (Å²) in [5.41, 5.74) is 4.17. The summed E-state index contributed by atoms with van der Waals surface area (Å²) in [4.78, 5) is 15.1. The molecule has 0 aliphatic rings. The normalized spacial score (nSPS) is 10.9. The Morgan fingerprint density at radius 1 is 1.03 bits per heavy atom. The van der Waals surface area contributed by atoms with Crippen LogP contribution < -0.4 is 0 Å². The van der Waals surface area contributed by atoms with Crippen LogP contribution in [-0.2, 0) is 13.1 Å². The van der Waals surface area contributed by atoms with Gasteiger partial charge in [-0.1, -0.05) is 60.8 Å². The van der Waals surface area contributed by atoms with Gasteiger partial charge in [-0.3, -0.25) is 4.79 Å². The predicted octanol–water partition coefficient (Wildman–Crippen LogP) is 6.59. The van der Waals surface area contributed by atoms with Gasteiger partial charge in [-0.15, -0.1) is 0 Å². The van der Waals surface area contributed by atoms with Gasteiger partial charge in [-0.05, 0) is 54.8 Å². The molecular formula is C24H26Cl2N2O. The molecule has 2 aromatic carbocycles. The molecule has 0 unspecified atom stereocenters. The molecule has 0 N–H and O–H groups in total. The van der Waals surface area contributed by atoms with Crippen LogP contribution in [0.3, 0.4) is 0 Å². The first-order valence-electron chi connectivity index (χ1n) is 9.92. The summed E-state index contributed by atoms with van der Waals surface area (Å²) in [6.45, 7) is 6.27. The highest BCUT2D eigenvalue weighted by Crippen LogP contribution is 2.22. The summed E-state index contributed by atoms with van der Waals surface area (Å²) in [6, 6.07) is 17.5. The monoisotopic (exact) mass is 428 g/mol. The number of hydrogen-bond acceptors (Lipinski definition) is 1. The molecule has 3 nitrogen and oxygen atoms in total. The van der Waals surface area contributed by atoms with Crippen LogP contribution >= 0.6 is 23.2 Å². The van der Waals surface area contributed by atoms with Crippen LogP contribution in [0.25, 0.3) is 0 Å². The molecule has 3 rings (SSSR count). The fourth-order valence-corrected chi connectivity index (χ4v) is 3.90. The fourth-order valence-electron chi connectivity index (χ4n) is 3.38. The quantitative estimate of drug-likeness (QED) is 0.396. The van der Waals surface area contributed by atoms with Gasteiger partial charge in [0.1, 0.15) is 0 Å². The topological polar surface area (TPSA) is 25.2 Å². The second-order valence-corrected chi connectivity index (χ2v) is 8.17. The zero-order chi connectivity index (χ0) is 20.8. The van der Waals surface area contributed by atoms with E-state index in [1.165, 1.54) is 11.1 Å². The molecule has 0 fully saturated rings. The number of carbonyl (C=O) groups excluding carboxylic acids is 1. The molecule has 1 amide bonds. The zero-order valence-corrected chi connectivity index (χ0v) is 18.4. The van der Waals surface area contributed by atoms with Gasteiger partial charge in [-0.2, -0.15) is 0 Å². The van der Waals surface area contributed by atoms with Crippen LogP contribution in [0.15, 0.2) is 60.8 Å². The molecule has 0 atom stereocenters. The highest BCUT2D eigenvalue weighted by Gasteiger charge is 2.18. The molecule has 0 spiro atoms. The van der Waals surface area contributed by atoms with Gasteiger partial charge in [-0.25, -0.2) is 0 Å². The van der Waals surface area contributed by atoms with Crippen molar-refractivity contribution in [3.8, 4) is 0 Å². The van der Waals surface area contributed by atoms with E-state index >= 15 is 0 Å². The molecule has 0 bridgehead atoms. The van der Waals surface area contributed by atoms with Crippen molar-refractivity contribution >= 4 is 29.1 Å². The molecule has 0 radical (unpaired) electrons. The molecule has 0 aliphatic heterocycles. The molecular weight excluding hydrogens is 403 g/mol. The van der Waals surface area contributed by atoms with Gasteiger partial charge in [0.25, 0.3) is 5.91 Å². The number of benzene rings is 2. The van der Waals surface area contributed by atoms with Crippen molar-refractivity contribution in [2.75, 3.05) is 6.54 Å². The Balaban J connectivity index is 1.83. The highest BCUT2D eigenvalue weighted by molar-refractivity contribution is 6.35. The maximum absolute atomic E-state index is 13.2. The van der Waals surface area contributed by atoms with E-state index in [2.05, 4.69) is 54.9 Å².